The lowest BCUT2D eigenvalue weighted by molar-refractivity contribution is -0.194. The molecule has 3 heterocycles. The van der Waals surface area contributed by atoms with E-state index < -0.39 is 72.0 Å². The van der Waals surface area contributed by atoms with Gasteiger partial charge < -0.3 is 25.6 Å². The molecule has 2 bridgehead atoms. The summed E-state index contributed by atoms with van der Waals surface area (Å²) in [4.78, 5) is 53.7. The third kappa shape index (κ3) is 7.86. The van der Waals surface area contributed by atoms with Crippen LogP contribution in [0.1, 0.15) is 59.3 Å². The molecule has 6 atom stereocenters. The Bertz CT molecular complexity index is 1280. The van der Waals surface area contributed by atoms with E-state index in [1.165, 1.54) is 11.8 Å². The number of nitrogens with zero attached hydrogens (tertiary/aromatic N) is 1. The molecule has 3 aliphatic heterocycles. The maximum Gasteiger partial charge on any atom is 0.366 e. The van der Waals surface area contributed by atoms with Gasteiger partial charge in [0.2, 0.25) is 23.5 Å². The molecule has 1 aromatic rings. The van der Waals surface area contributed by atoms with Crippen molar-refractivity contribution in [3.05, 3.63) is 41.2 Å². The van der Waals surface area contributed by atoms with E-state index in [-0.39, 0.29) is 31.3 Å². The molecular formula is C31H40ClF3N4O5. The van der Waals surface area contributed by atoms with Gasteiger partial charge in [0, 0.05) is 35.6 Å². The van der Waals surface area contributed by atoms with Crippen LogP contribution in [0.15, 0.2) is 36.2 Å². The van der Waals surface area contributed by atoms with Gasteiger partial charge in [0.1, 0.15) is 12.1 Å². The summed E-state index contributed by atoms with van der Waals surface area (Å²) >= 11 is 6.14. The first kappa shape index (κ1) is 33.6. The van der Waals surface area contributed by atoms with Crippen molar-refractivity contribution in [2.75, 3.05) is 18.5 Å². The molecule has 3 saturated heterocycles. The van der Waals surface area contributed by atoms with Crippen molar-refractivity contribution in [3.8, 4) is 0 Å². The Morgan fingerprint density at radius 2 is 1.98 bits per heavy atom. The molecule has 44 heavy (non-hydrogen) atoms. The van der Waals surface area contributed by atoms with Gasteiger partial charge in [0.15, 0.2) is 0 Å². The average molecular weight is 641 g/mol. The number of piperidine rings is 2. The van der Waals surface area contributed by atoms with E-state index in [1.54, 1.807) is 24.3 Å². The Balaban J connectivity index is 1.65. The standard InChI is InChI=1S/C31H40ClF3N4O5/c1-4-44-30(43)24(33)15-21(13-18-10-11-36-27(18)40)38-28(41)26-23-9-8-22(16-31(23,34)35)39(26)29(42)25(12-17(2)3)37-20-7-5-6-19(32)14-20/h5-7,14-15,17-18,21-23,25-26,37H,4,8-13,16H2,1-3H3,(H,36,40)(H,38,41)/b24-15-/t18-,21-,22+,23+,25+,26+/m0/s1. The SMILES string of the molecule is CCOC(=O)/C(F)=C/[C@H](C[C@@H]1CCNC1=O)NC(=O)[C@H]1[C@H]2CC[C@H](CC2(F)F)N1C(=O)[C@@H](CC(C)C)Nc1cccc(Cl)c1. The average Bonchev–Trinajstić information content (AvgIpc) is 3.35. The number of esters is 1. The maximum absolute atomic E-state index is 15.3. The molecule has 242 valence electrons. The lowest BCUT2D eigenvalue weighted by Gasteiger charge is -2.54. The first-order chi connectivity index (χ1) is 20.8. The second kappa shape index (κ2) is 14.2. The summed E-state index contributed by atoms with van der Waals surface area (Å²) in [6.45, 7) is 5.67. The number of carbonyl (C=O) groups excluding carboxylic acids is 4. The highest BCUT2D eigenvalue weighted by Gasteiger charge is 2.61. The monoisotopic (exact) mass is 640 g/mol. The molecule has 1 saturated carbocycles. The number of ether oxygens (including phenoxy) is 1. The van der Waals surface area contributed by atoms with Crippen LogP contribution in [0.25, 0.3) is 0 Å². The van der Waals surface area contributed by atoms with Crippen molar-refractivity contribution in [2.45, 2.75) is 89.4 Å². The van der Waals surface area contributed by atoms with Crippen molar-refractivity contribution in [1.82, 2.24) is 15.5 Å². The molecule has 1 aromatic carbocycles. The zero-order valence-corrected chi connectivity index (χ0v) is 25.8. The smallest absolute Gasteiger partial charge is 0.366 e. The minimum absolute atomic E-state index is 0.0266. The number of benzene rings is 1. The van der Waals surface area contributed by atoms with Crippen LogP contribution in [-0.2, 0) is 23.9 Å². The highest BCUT2D eigenvalue weighted by molar-refractivity contribution is 6.30. The Labute approximate surface area is 260 Å². The first-order valence-corrected chi connectivity index (χ1v) is 15.5. The van der Waals surface area contributed by atoms with Crippen molar-refractivity contribution in [3.63, 3.8) is 0 Å². The first-order valence-electron chi connectivity index (χ1n) is 15.1. The Hall–Kier alpha value is -3.28. The number of hydrogen-bond acceptors (Lipinski definition) is 6. The third-order valence-corrected chi connectivity index (χ3v) is 8.71. The normalized spacial score (nSPS) is 25.8. The summed E-state index contributed by atoms with van der Waals surface area (Å²) in [6, 6.07) is 2.33. The lowest BCUT2D eigenvalue weighted by Crippen LogP contribution is -2.70. The molecule has 1 aliphatic carbocycles. The second-order valence-corrected chi connectivity index (χ2v) is 12.6. The molecule has 3 amide bonds. The van der Waals surface area contributed by atoms with Crippen LogP contribution in [0.5, 0.6) is 0 Å². The summed E-state index contributed by atoms with van der Waals surface area (Å²) in [5.74, 6) is -9.42. The van der Waals surface area contributed by atoms with E-state index >= 15 is 8.78 Å². The third-order valence-electron chi connectivity index (χ3n) is 8.48. The summed E-state index contributed by atoms with van der Waals surface area (Å²) in [6.07, 6.45) is 1.32. The van der Waals surface area contributed by atoms with Gasteiger partial charge in [-0.05, 0) is 69.2 Å². The topological polar surface area (TPSA) is 117 Å². The summed E-state index contributed by atoms with van der Waals surface area (Å²) < 4.78 is 50.1. The fraction of sp³-hybridized carbons (Fsp3) is 0.613. The molecule has 9 nitrogen and oxygen atoms in total. The Kier molecular flexibility index (Phi) is 10.9. The number of nitrogens with one attached hydrogen (secondary N) is 3. The van der Waals surface area contributed by atoms with E-state index in [0.717, 1.165) is 6.08 Å². The fourth-order valence-electron chi connectivity index (χ4n) is 6.53. The van der Waals surface area contributed by atoms with Gasteiger partial charge in [-0.1, -0.05) is 31.5 Å². The van der Waals surface area contributed by atoms with E-state index in [4.69, 9.17) is 16.3 Å². The number of anilines is 1. The number of carbonyl (C=O) groups is 4. The van der Waals surface area contributed by atoms with Gasteiger partial charge in [0.05, 0.1) is 18.6 Å². The van der Waals surface area contributed by atoms with Gasteiger partial charge in [-0.25, -0.2) is 13.6 Å². The number of fused-ring (bicyclic) bond motifs is 3. The number of alkyl halides is 2. The summed E-state index contributed by atoms with van der Waals surface area (Å²) in [7, 11) is 0. The van der Waals surface area contributed by atoms with Gasteiger partial charge in [-0.2, -0.15) is 4.39 Å². The van der Waals surface area contributed by atoms with Crippen LogP contribution < -0.4 is 16.0 Å². The lowest BCUT2D eigenvalue weighted by atomic mass is 9.71. The van der Waals surface area contributed by atoms with E-state index in [9.17, 15) is 23.6 Å². The van der Waals surface area contributed by atoms with Crippen molar-refractivity contribution < 1.29 is 37.1 Å². The molecule has 5 rings (SSSR count). The van der Waals surface area contributed by atoms with Gasteiger partial charge in [-0.15, -0.1) is 0 Å². The highest BCUT2D eigenvalue weighted by atomic mass is 35.5. The molecule has 0 aromatic heterocycles. The number of halogens is 4. The van der Waals surface area contributed by atoms with Crippen LogP contribution in [0.3, 0.4) is 0 Å². The molecule has 0 spiro atoms. The maximum atomic E-state index is 15.3. The van der Waals surface area contributed by atoms with Gasteiger partial charge >= 0.3 is 5.97 Å². The van der Waals surface area contributed by atoms with Crippen LogP contribution in [0.2, 0.25) is 5.02 Å². The number of rotatable bonds is 12. The number of hydrogen-bond donors (Lipinski definition) is 3. The Morgan fingerprint density at radius 3 is 2.59 bits per heavy atom. The van der Waals surface area contributed by atoms with E-state index in [0.29, 0.717) is 36.5 Å². The summed E-state index contributed by atoms with van der Waals surface area (Å²) in [5, 5.41) is 8.90. The van der Waals surface area contributed by atoms with E-state index in [2.05, 4.69) is 16.0 Å². The van der Waals surface area contributed by atoms with Crippen molar-refractivity contribution >= 4 is 41.0 Å². The van der Waals surface area contributed by atoms with Crippen LogP contribution in [0, 0.1) is 17.8 Å². The Morgan fingerprint density at radius 1 is 1.23 bits per heavy atom. The minimum Gasteiger partial charge on any atom is -0.461 e. The molecule has 3 N–H and O–H groups in total. The van der Waals surface area contributed by atoms with Gasteiger partial charge in [-0.3, -0.25) is 14.4 Å². The molecule has 4 fully saturated rings. The largest absolute Gasteiger partial charge is 0.461 e. The van der Waals surface area contributed by atoms with Crippen molar-refractivity contribution in [2.24, 2.45) is 17.8 Å². The predicted molar refractivity (Wildman–Crippen MR) is 159 cm³/mol. The molecule has 13 heteroatoms. The fourth-order valence-corrected chi connectivity index (χ4v) is 6.72. The zero-order chi connectivity index (χ0) is 32.2. The predicted octanol–water partition coefficient (Wildman–Crippen LogP) is 4.61. The molecule has 0 unspecified atom stereocenters. The van der Waals surface area contributed by atoms with Crippen LogP contribution >= 0.6 is 11.6 Å². The van der Waals surface area contributed by atoms with Crippen molar-refractivity contribution in [1.29, 1.82) is 0 Å². The summed E-state index contributed by atoms with van der Waals surface area (Å²) in [5.41, 5.74) is 0.569. The quantitative estimate of drug-likeness (QED) is 0.227. The molecule has 0 radical (unpaired) electrons. The second-order valence-electron chi connectivity index (χ2n) is 12.2. The number of amides is 3. The minimum atomic E-state index is -3.21. The zero-order valence-electron chi connectivity index (χ0n) is 25.1. The van der Waals surface area contributed by atoms with E-state index in [1.807, 2.05) is 13.8 Å². The highest BCUT2D eigenvalue weighted by Crippen LogP contribution is 2.49. The van der Waals surface area contributed by atoms with Gasteiger partial charge in [0.25, 0.3) is 5.92 Å². The van der Waals surface area contributed by atoms with Crippen LogP contribution in [-0.4, -0.2) is 71.8 Å². The van der Waals surface area contributed by atoms with Crippen LogP contribution in [0.4, 0.5) is 18.9 Å². The molecular weight excluding hydrogens is 601 g/mol. The molecule has 4 aliphatic rings.